The predicted octanol–water partition coefficient (Wildman–Crippen LogP) is 4.31. The van der Waals surface area contributed by atoms with E-state index in [9.17, 15) is 0 Å². The van der Waals surface area contributed by atoms with Gasteiger partial charge in [0.2, 0.25) is 0 Å². The highest BCUT2D eigenvalue weighted by atomic mass is 35.5. The van der Waals surface area contributed by atoms with Gasteiger partial charge in [0.1, 0.15) is 0 Å². The zero-order valence-corrected chi connectivity index (χ0v) is 12.1. The van der Waals surface area contributed by atoms with Crippen molar-refractivity contribution in [3.63, 3.8) is 0 Å². The molecule has 0 aliphatic heterocycles. The van der Waals surface area contributed by atoms with Crippen LogP contribution in [0.25, 0.3) is 11.0 Å². The Morgan fingerprint density at radius 2 is 1.56 bits per heavy atom. The van der Waals surface area contributed by atoms with Crippen LogP contribution < -0.4 is 0 Å². The summed E-state index contributed by atoms with van der Waals surface area (Å²) in [6, 6.07) is 7.97. The SMILES string of the molecule is Cc1nc2ccccc2nc1C(C(C)C)C(C)Cl. The summed E-state index contributed by atoms with van der Waals surface area (Å²) in [5.74, 6) is 0.690. The van der Waals surface area contributed by atoms with Gasteiger partial charge >= 0.3 is 0 Å². The molecule has 0 N–H and O–H groups in total. The highest BCUT2D eigenvalue weighted by Crippen LogP contribution is 2.32. The average molecular weight is 263 g/mol. The molecule has 0 radical (unpaired) electrons. The highest BCUT2D eigenvalue weighted by Gasteiger charge is 2.25. The van der Waals surface area contributed by atoms with Gasteiger partial charge in [-0.1, -0.05) is 26.0 Å². The zero-order valence-electron chi connectivity index (χ0n) is 11.3. The summed E-state index contributed by atoms with van der Waals surface area (Å²) < 4.78 is 0. The molecular weight excluding hydrogens is 244 g/mol. The molecule has 0 fully saturated rings. The molecule has 0 bridgehead atoms. The third-order valence-electron chi connectivity index (χ3n) is 3.31. The van der Waals surface area contributed by atoms with Gasteiger partial charge < -0.3 is 0 Å². The van der Waals surface area contributed by atoms with Gasteiger partial charge in [-0.2, -0.15) is 0 Å². The minimum atomic E-state index is 0.0548. The molecule has 0 saturated carbocycles. The summed E-state index contributed by atoms with van der Waals surface area (Å²) in [7, 11) is 0. The normalized spacial score (nSPS) is 15.0. The third-order valence-corrected chi connectivity index (χ3v) is 3.58. The van der Waals surface area contributed by atoms with E-state index >= 15 is 0 Å². The molecule has 18 heavy (non-hydrogen) atoms. The molecule has 2 rings (SSSR count). The van der Waals surface area contributed by atoms with E-state index in [1.54, 1.807) is 0 Å². The fourth-order valence-electron chi connectivity index (χ4n) is 2.48. The van der Waals surface area contributed by atoms with E-state index in [0.29, 0.717) is 5.92 Å². The van der Waals surface area contributed by atoms with Gasteiger partial charge in [-0.3, -0.25) is 0 Å². The second-order valence-electron chi connectivity index (χ2n) is 5.13. The first kappa shape index (κ1) is 13.3. The molecule has 3 heteroatoms. The Kier molecular flexibility index (Phi) is 3.86. The van der Waals surface area contributed by atoms with Gasteiger partial charge in [0, 0.05) is 11.3 Å². The second kappa shape index (κ2) is 5.23. The van der Waals surface area contributed by atoms with Crippen molar-refractivity contribution in [1.82, 2.24) is 9.97 Å². The summed E-state index contributed by atoms with van der Waals surface area (Å²) in [6.07, 6.45) is 0. The number of aromatic nitrogens is 2. The number of aryl methyl sites for hydroxylation is 1. The Morgan fingerprint density at radius 1 is 1.00 bits per heavy atom. The molecule has 1 aromatic carbocycles. The number of fused-ring (bicyclic) bond motifs is 1. The molecule has 0 aliphatic rings. The molecule has 0 aliphatic carbocycles. The van der Waals surface area contributed by atoms with Crippen LogP contribution in [0, 0.1) is 12.8 Å². The summed E-state index contributed by atoms with van der Waals surface area (Å²) in [5.41, 5.74) is 3.91. The molecule has 2 atom stereocenters. The maximum absolute atomic E-state index is 6.33. The average Bonchev–Trinajstić information content (AvgIpc) is 2.29. The maximum atomic E-state index is 6.33. The molecule has 2 unspecified atom stereocenters. The van der Waals surface area contributed by atoms with Gasteiger partial charge in [-0.25, -0.2) is 9.97 Å². The van der Waals surface area contributed by atoms with Gasteiger partial charge in [-0.15, -0.1) is 11.6 Å². The fourth-order valence-corrected chi connectivity index (χ4v) is 2.89. The first-order valence-electron chi connectivity index (χ1n) is 6.38. The molecule has 2 aromatic rings. The van der Waals surface area contributed by atoms with Crippen LogP contribution in [0.5, 0.6) is 0 Å². The van der Waals surface area contributed by atoms with Gasteiger partial charge in [0.05, 0.1) is 22.4 Å². The summed E-state index contributed by atoms with van der Waals surface area (Å²) >= 11 is 6.33. The van der Waals surface area contributed by atoms with Crippen molar-refractivity contribution in [3.05, 3.63) is 35.7 Å². The Morgan fingerprint density at radius 3 is 2.06 bits per heavy atom. The van der Waals surface area contributed by atoms with E-state index in [1.807, 2.05) is 38.1 Å². The molecular formula is C15H19ClN2. The summed E-state index contributed by atoms with van der Waals surface area (Å²) in [4.78, 5) is 9.41. The van der Waals surface area contributed by atoms with E-state index in [0.717, 1.165) is 22.4 Å². The standard InChI is InChI=1S/C15H19ClN2/c1-9(2)14(10(3)16)15-11(4)17-12-7-5-6-8-13(12)18-15/h5-10,14H,1-4H3. The van der Waals surface area contributed by atoms with E-state index in [4.69, 9.17) is 16.6 Å². The Balaban J connectivity index is 2.59. The lowest BCUT2D eigenvalue weighted by Gasteiger charge is -2.24. The summed E-state index contributed by atoms with van der Waals surface area (Å²) in [6.45, 7) is 8.41. The first-order valence-corrected chi connectivity index (χ1v) is 6.81. The minimum Gasteiger partial charge on any atom is -0.250 e. The van der Waals surface area contributed by atoms with Crippen molar-refractivity contribution in [2.24, 2.45) is 5.92 Å². The molecule has 0 spiro atoms. The van der Waals surface area contributed by atoms with Crippen LogP contribution in [0.1, 0.15) is 38.1 Å². The molecule has 2 nitrogen and oxygen atoms in total. The number of halogens is 1. The zero-order chi connectivity index (χ0) is 13.3. The highest BCUT2D eigenvalue weighted by molar-refractivity contribution is 6.20. The van der Waals surface area contributed by atoms with E-state index in [2.05, 4.69) is 18.8 Å². The molecule has 1 heterocycles. The quantitative estimate of drug-likeness (QED) is 0.771. The van der Waals surface area contributed by atoms with Crippen molar-refractivity contribution >= 4 is 22.6 Å². The Bertz CT molecular complexity index is 541. The Labute approximate surface area is 113 Å². The van der Waals surface area contributed by atoms with E-state index < -0.39 is 0 Å². The van der Waals surface area contributed by atoms with Crippen LogP contribution in [-0.4, -0.2) is 15.3 Å². The number of para-hydroxylation sites is 2. The van der Waals surface area contributed by atoms with Crippen LogP contribution in [-0.2, 0) is 0 Å². The number of benzene rings is 1. The number of hydrogen-bond acceptors (Lipinski definition) is 2. The van der Waals surface area contributed by atoms with Crippen LogP contribution >= 0.6 is 11.6 Å². The molecule has 1 aromatic heterocycles. The van der Waals surface area contributed by atoms with Crippen molar-refractivity contribution < 1.29 is 0 Å². The first-order chi connectivity index (χ1) is 8.50. The van der Waals surface area contributed by atoms with Crippen molar-refractivity contribution in [1.29, 1.82) is 0 Å². The lowest BCUT2D eigenvalue weighted by Crippen LogP contribution is -2.19. The van der Waals surface area contributed by atoms with E-state index in [1.165, 1.54) is 0 Å². The predicted molar refractivity (Wildman–Crippen MR) is 77.2 cm³/mol. The van der Waals surface area contributed by atoms with Crippen molar-refractivity contribution in [2.45, 2.75) is 39.0 Å². The number of alkyl halides is 1. The number of rotatable bonds is 3. The number of nitrogens with zero attached hydrogens (tertiary/aromatic N) is 2. The van der Waals surface area contributed by atoms with Crippen LogP contribution in [0.2, 0.25) is 0 Å². The molecule has 0 amide bonds. The van der Waals surface area contributed by atoms with Crippen molar-refractivity contribution in [3.8, 4) is 0 Å². The van der Waals surface area contributed by atoms with Crippen LogP contribution in [0.4, 0.5) is 0 Å². The lowest BCUT2D eigenvalue weighted by molar-refractivity contribution is 0.477. The van der Waals surface area contributed by atoms with Gasteiger partial charge in [-0.05, 0) is 31.9 Å². The second-order valence-corrected chi connectivity index (χ2v) is 5.82. The smallest absolute Gasteiger partial charge is 0.0890 e. The minimum absolute atomic E-state index is 0.0548. The molecule has 0 saturated heterocycles. The van der Waals surface area contributed by atoms with Crippen LogP contribution in [0.15, 0.2) is 24.3 Å². The molecule has 96 valence electrons. The lowest BCUT2D eigenvalue weighted by atomic mass is 9.88. The number of hydrogen-bond donors (Lipinski definition) is 0. The van der Waals surface area contributed by atoms with Gasteiger partial charge in [0.15, 0.2) is 0 Å². The Hall–Kier alpha value is -1.15. The third kappa shape index (κ3) is 2.49. The monoisotopic (exact) mass is 262 g/mol. The van der Waals surface area contributed by atoms with Crippen LogP contribution in [0.3, 0.4) is 0 Å². The largest absolute Gasteiger partial charge is 0.250 e. The topological polar surface area (TPSA) is 25.8 Å². The maximum Gasteiger partial charge on any atom is 0.0890 e. The van der Waals surface area contributed by atoms with Crippen molar-refractivity contribution in [2.75, 3.05) is 0 Å². The van der Waals surface area contributed by atoms with Gasteiger partial charge in [0.25, 0.3) is 0 Å². The summed E-state index contributed by atoms with van der Waals surface area (Å²) in [5, 5.41) is 0.0548. The van der Waals surface area contributed by atoms with E-state index in [-0.39, 0.29) is 11.3 Å². The fraction of sp³-hybridized carbons (Fsp3) is 0.467.